The highest BCUT2D eigenvalue weighted by molar-refractivity contribution is 5.99. The fourth-order valence-corrected chi connectivity index (χ4v) is 5.21. The Morgan fingerprint density at radius 3 is 2.05 bits per heavy atom. The van der Waals surface area contributed by atoms with Gasteiger partial charge in [0.1, 0.15) is 23.3 Å². The molecule has 1 atom stereocenters. The van der Waals surface area contributed by atoms with E-state index < -0.39 is 11.8 Å². The zero-order valence-corrected chi connectivity index (χ0v) is 22.5. The van der Waals surface area contributed by atoms with E-state index in [4.69, 9.17) is 14.2 Å². The van der Waals surface area contributed by atoms with E-state index in [1.807, 2.05) is 12.1 Å². The molecule has 3 amide bonds. The lowest BCUT2D eigenvalue weighted by Gasteiger charge is -2.44. The summed E-state index contributed by atoms with van der Waals surface area (Å²) >= 11 is 0. The molecule has 2 saturated heterocycles. The number of aromatic nitrogens is 1. The molecule has 2 aromatic carbocycles. The molecule has 2 aliphatic rings. The van der Waals surface area contributed by atoms with E-state index in [1.165, 1.54) is 0 Å². The van der Waals surface area contributed by atoms with Gasteiger partial charge in [-0.25, -0.2) is 0 Å². The minimum absolute atomic E-state index is 0.0579. The van der Waals surface area contributed by atoms with Crippen LogP contribution in [0.4, 0.5) is 0 Å². The number of piperidine rings is 1. The van der Waals surface area contributed by atoms with Crippen LogP contribution in [0.5, 0.6) is 11.5 Å². The monoisotopic (exact) mass is 544 g/mol. The molecule has 0 bridgehead atoms. The van der Waals surface area contributed by atoms with Crippen molar-refractivity contribution in [3.8, 4) is 11.5 Å². The van der Waals surface area contributed by atoms with Gasteiger partial charge in [0, 0.05) is 43.3 Å². The standard InChI is InChI=1S/C30H32N4O6/c1-38-24-10-6-21(7-11-24)28(36)33-17-14-30(15-18-33)34(29(37)22-8-12-25(39-2)13-9-22)26(20-40-30)27(35)32-19-23-5-3-4-16-31-23/h3-13,16,26H,14-15,17-20H2,1-2H3,(H,32,35)/t26-/m1/s1. The smallest absolute Gasteiger partial charge is 0.256 e. The van der Waals surface area contributed by atoms with Gasteiger partial charge in [-0.15, -0.1) is 0 Å². The second kappa shape index (κ2) is 11.7. The van der Waals surface area contributed by atoms with Gasteiger partial charge in [0.05, 0.1) is 33.1 Å². The zero-order chi connectivity index (χ0) is 28.1. The summed E-state index contributed by atoms with van der Waals surface area (Å²) in [6, 6.07) is 18.4. The number of benzene rings is 2. The number of pyridine rings is 1. The highest BCUT2D eigenvalue weighted by Gasteiger charge is 2.54. The van der Waals surface area contributed by atoms with Crippen LogP contribution in [0.1, 0.15) is 39.3 Å². The molecule has 2 fully saturated rings. The van der Waals surface area contributed by atoms with Crippen LogP contribution < -0.4 is 14.8 Å². The second-order valence-electron chi connectivity index (χ2n) is 9.74. The molecule has 0 saturated carbocycles. The van der Waals surface area contributed by atoms with Crippen LogP contribution in [-0.4, -0.2) is 78.2 Å². The quantitative estimate of drug-likeness (QED) is 0.487. The highest BCUT2D eigenvalue weighted by Crippen LogP contribution is 2.39. The summed E-state index contributed by atoms with van der Waals surface area (Å²) in [7, 11) is 3.14. The summed E-state index contributed by atoms with van der Waals surface area (Å²) in [5, 5.41) is 2.91. The van der Waals surface area contributed by atoms with E-state index in [0.29, 0.717) is 54.3 Å². The van der Waals surface area contributed by atoms with E-state index in [0.717, 1.165) is 0 Å². The van der Waals surface area contributed by atoms with Crippen molar-refractivity contribution in [1.29, 1.82) is 0 Å². The summed E-state index contributed by atoms with van der Waals surface area (Å²) in [5.74, 6) is 0.565. The zero-order valence-electron chi connectivity index (χ0n) is 22.5. The van der Waals surface area contributed by atoms with E-state index in [9.17, 15) is 14.4 Å². The number of nitrogens with one attached hydrogen (secondary N) is 1. The number of amides is 3. The lowest BCUT2D eigenvalue weighted by atomic mass is 9.96. The molecule has 1 aromatic heterocycles. The van der Waals surface area contributed by atoms with Crippen molar-refractivity contribution in [3.05, 3.63) is 89.7 Å². The summed E-state index contributed by atoms with van der Waals surface area (Å²) < 4.78 is 16.7. The van der Waals surface area contributed by atoms with Gasteiger partial charge in [-0.2, -0.15) is 0 Å². The minimum atomic E-state index is -1.01. The Hall–Kier alpha value is -4.44. The van der Waals surface area contributed by atoms with Gasteiger partial charge < -0.3 is 24.4 Å². The van der Waals surface area contributed by atoms with Gasteiger partial charge in [-0.05, 0) is 60.7 Å². The number of rotatable bonds is 7. The van der Waals surface area contributed by atoms with Crippen molar-refractivity contribution in [2.24, 2.45) is 0 Å². The maximum atomic E-state index is 13.9. The first kappa shape index (κ1) is 27.1. The fourth-order valence-electron chi connectivity index (χ4n) is 5.21. The van der Waals surface area contributed by atoms with Crippen molar-refractivity contribution in [2.45, 2.75) is 31.2 Å². The van der Waals surface area contributed by atoms with E-state index in [2.05, 4.69) is 10.3 Å². The summed E-state index contributed by atoms with van der Waals surface area (Å²) in [5.41, 5.74) is 0.676. The molecular formula is C30H32N4O6. The Morgan fingerprint density at radius 1 is 0.900 bits per heavy atom. The van der Waals surface area contributed by atoms with E-state index >= 15 is 0 Å². The Balaban J connectivity index is 1.35. The molecule has 10 nitrogen and oxygen atoms in total. The summed E-state index contributed by atoms with van der Waals surface area (Å²) in [4.78, 5) is 48.1. The second-order valence-corrected chi connectivity index (χ2v) is 9.74. The first-order valence-corrected chi connectivity index (χ1v) is 13.2. The maximum Gasteiger partial charge on any atom is 0.256 e. The van der Waals surface area contributed by atoms with Crippen molar-refractivity contribution in [1.82, 2.24) is 20.1 Å². The molecule has 40 heavy (non-hydrogen) atoms. The third-order valence-corrected chi connectivity index (χ3v) is 7.46. The molecule has 0 unspecified atom stereocenters. The highest BCUT2D eigenvalue weighted by atomic mass is 16.5. The van der Waals surface area contributed by atoms with Crippen molar-refractivity contribution in [3.63, 3.8) is 0 Å². The first-order chi connectivity index (χ1) is 19.4. The van der Waals surface area contributed by atoms with Crippen LogP contribution in [0.15, 0.2) is 72.9 Å². The molecule has 0 radical (unpaired) electrons. The predicted octanol–water partition coefficient (Wildman–Crippen LogP) is 2.89. The first-order valence-electron chi connectivity index (χ1n) is 13.2. The lowest BCUT2D eigenvalue weighted by molar-refractivity contribution is -0.128. The molecular weight excluding hydrogens is 512 g/mol. The van der Waals surface area contributed by atoms with Gasteiger partial charge >= 0.3 is 0 Å². The largest absolute Gasteiger partial charge is 0.497 e. The van der Waals surface area contributed by atoms with Crippen molar-refractivity contribution in [2.75, 3.05) is 33.9 Å². The number of likely N-dealkylation sites (tertiary alicyclic amines) is 1. The minimum Gasteiger partial charge on any atom is -0.497 e. The number of carbonyl (C=O) groups excluding carboxylic acids is 3. The van der Waals surface area contributed by atoms with E-state index in [1.54, 1.807) is 84.8 Å². The Kier molecular flexibility index (Phi) is 7.97. The third kappa shape index (κ3) is 5.48. The number of hydrogen-bond donors (Lipinski definition) is 1. The SMILES string of the molecule is COc1ccc(C(=O)N2CCC3(CC2)OC[C@H](C(=O)NCc2ccccn2)N3C(=O)c2ccc(OC)cc2)cc1. The number of methoxy groups -OCH3 is 2. The number of hydrogen-bond acceptors (Lipinski definition) is 7. The molecule has 3 heterocycles. The third-order valence-electron chi connectivity index (χ3n) is 7.46. The van der Waals surface area contributed by atoms with Crippen LogP contribution in [0, 0.1) is 0 Å². The van der Waals surface area contributed by atoms with Crippen LogP contribution in [-0.2, 0) is 16.1 Å². The van der Waals surface area contributed by atoms with Gasteiger partial charge in [0.2, 0.25) is 5.91 Å². The van der Waals surface area contributed by atoms with E-state index in [-0.39, 0.29) is 30.9 Å². The average Bonchev–Trinajstić information content (AvgIpc) is 3.38. The van der Waals surface area contributed by atoms with Crippen LogP contribution in [0.2, 0.25) is 0 Å². The Labute approximate surface area is 232 Å². The Bertz CT molecular complexity index is 1340. The molecule has 2 aliphatic heterocycles. The molecule has 10 heteroatoms. The number of nitrogens with zero attached hydrogens (tertiary/aromatic N) is 3. The van der Waals surface area contributed by atoms with Crippen molar-refractivity contribution < 1.29 is 28.6 Å². The molecule has 3 aromatic rings. The van der Waals surface area contributed by atoms with Crippen molar-refractivity contribution >= 4 is 17.7 Å². The summed E-state index contributed by atoms with van der Waals surface area (Å²) in [6.45, 7) is 1.04. The number of ether oxygens (including phenoxy) is 3. The fraction of sp³-hybridized carbons (Fsp3) is 0.333. The Morgan fingerprint density at radius 2 is 1.50 bits per heavy atom. The lowest BCUT2D eigenvalue weighted by Crippen LogP contribution is -2.59. The molecule has 5 rings (SSSR count). The van der Waals surface area contributed by atoms with Gasteiger partial charge in [0.25, 0.3) is 11.8 Å². The molecule has 208 valence electrons. The molecule has 1 N–H and O–H groups in total. The normalized spacial score (nSPS) is 17.9. The predicted molar refractivity (Wildman–Crippen MR) is 146 cm³/mol. The van der Waals surface area contributed by atoms with Crippen LogP contribution >= 0.6 is 0 Å². The molecule has 0 aliphatic carbocycles. The summed E-state index contributed by atoms with van der Waals surface area (Å²) in [6.07, 6.45) is 2.41. The van der Waals surface area contributed by atoms with Crippen LogP contribution in [0.3, 0.4) is 0 Å². The average molecular weight is 545 g/mol. The van der Waals surface area contributed by atoms with Gasteiger partial charge in [-0.1, -0.05) is 6.07 Å². The van der Waals surface area contributed by atoms with Gasteiger partial charge in [-0.3, -0.25) is 24.3 Å². The van der Waals surface area contributed by atoms with Crippen LogP contribution in [0.25, 0.3) is 0 Å². The number of carbonyl (C=O) groups is 3. The topological polar surface area (TPSA) is 110 Å². The molecule has 1 spiro atoms. The maximum absolute atomic E-state index is 13.9. The van der Waals surface area contributed by atoms with Gasteiger partial charge in [0.15, 0.2) is 0 Å².